The third kappa shape index (κ3) is 3.02. The Morgan fingerprint density at radius 1 is 1.29 bits per heavy atom. The minimum Gasteiger partial charge on any atom is -0.371 e. The van der Waals surface area contributed by atoms with Crippen LogP contribution in [0, 0.1) is 0 Å². The number of hydrogen-bond donors (Lipinski definition) is 0. The summed E-state index contributed by atoms with van der Waals surface area (Å²) in [6.45, 7) is -0.609. The summed E-state index contributed by atoms with van der Waals surface area (Å²) in [6, 6.07) is 0. The molecular formula is C6H6F6O2. The molecule has 84 valence electrons. The molecular weight excluding hydrogens is 218 g/mol. The summed E-state index contributed by atoms with van der Waals surface area (Å²) in [5, 5.41) is 0. The van der Waals surface area contributed by atoms with Crippen LogP contribution < -0.4 is 0 Å². The van der Waals surface area contributed by atoms with Crippen LogP contribution in [-0.2, 0) is 9.47 Å². The molecule has 0 bridgehead atoms. The van der Waals surface area contributed by atoms with Crippen LogP contribution in [0.15, 0.2) is 0 Å². The summed E-state index contributed by atoms with van der Waals surface area (Å²) >= 11 is 0. The van der Waals surface area contributed by atoms with Gasteiger partial charge in [-0.25, -0.2) is 4.39 Å². The number of epoxide rings is 1. The van der Waals surface area contributed by atoms with Gasteiger partial charge in [-0.15, -0.1) is 0 Å². The van der Waals surface area contributed by atoms with Crippen LogP contribution in [0.25, 0.3) is 0 Å². The Labute approximate surface area is 74.8 Å². The summed E-state index contributed by atoms with van der Waals surface area (Å²) in [5.74, 6) is 0. The van der Waals surface area contributed by atoms with Gasteiger partial charge in [0.1, 0.15) is 6.10 Å². The van der Waals surface area contributed by atoms with Crippen LogP contribution in [0.4, 0.5) is 26.3 Å². The molecule has 1 fully saturated rings. The predicted molar refractivity (Wildman–Crippen MR) is 31.6 cm³/mol. The van der Waals surface area contributed by atoms with Crippen molar-refractivity contribution in [2.24, 2.45) is 0 Å². The maximum atomic E-state index is 12.3. The zero-order valence-corrected chi connectivity index (χ0v) is 6.65. The third-order valence-electron chi connectivity index (χ3n) is 1.45. The van der Waals surface area contributed by atoms with Crippen molar-refractivity contribution in [1.29, 1.82) is 0 Å². The lowest BCUT2D eigenvalue weighted by Gasteiger charge is -2.21. The van der Waals surface area contributed by atoms with Crippen molar-refractivity contribution in [3.8, 4) is 0 Å². The molecule has 2 unspecified atom stereocenters. The van der Waals surface area contributed by atoms with E-state index in [4.69, 9.17) is 0 Å². The second kappa shape index (κ2) is 3.58. The van der Waals surface area contributed by atoms with Gasteiger partial charge in [0.2, 0.25) is 0 Å². The van der Waals surface area contributed by atoms with Crippen LogP contribution >= 0.6 is 0 Å². The second-order valence-corrected chi connectivity index (χ2v) is 2.73. The topological polar surface area (TPSA) is 21.8 Å². The highest BCUT2D eigenvalue weighted by atomic mass is 19.4. The molecule has 1 aliphatic heterocycles. The normalized spacial score (nSPS) is 24.9. The van der Waals surface area contributed by atoms with Gasteiger partial charge in [-0.2, -0.15) is 22.0 Å². The van der Waals surface area contributed by atoms with Crippen molar-refractivity contribution in [1.82, 2.24) is 0 Å². The van der Waals surface area contributed by atoms with E-state index in [0.717, 1.165) is 0 Å². The minimum atomic E-state index is -5.63. The summed E-state index contributed by atoms with van der Waals surface area (Å²) in [5.41, 5.74) is 0. The molecule has 1 heterocycles. The van der Waals surface area contributed by atoms with Gasteiger partial charge in [-0.3, -0.25) is 0 Å². The SMILES string of the molecule is FC(C(F)(F)F)C(F)(F)OCC1CO1. The third-order valence-corrected chi connectivity index (χ3v) is 1.45. The van der Waals surface area contributed by atoms with Crippen molar-refractivity contribution < 1.29 is 35.8 Å². The molecule has 1 aliphatic rings. The van der Waals surface area contributed by atoms with E-state index in [9.17, 15) is 26.3 Å². The van der Waals surface area contributed by atoms with Gasteiger partial charge in [0.05, 0.1) is 13.2 Å². The average Bonchev–Trinajstić information content (AvgIpc) is 2.81. The molecule has 1 saturated heterocycles. The number of hydrogen-bond acceptors (Lipinski definition) is 2. The molecule has 0 aliphatic carbocycles. The molecule has 2 atom stereocenters. The number of alkyl halides is 6. The Morgan fingerprint density at radius 2 is 1.79 bits per heavy atom. The van der Waals surface area contributed by atoms with E-state index in [1.807, 2.05) is 0 Å². The molecule has 0 aromatic carbocycles. The summed E-state index contributed by atoms with van der Waals surface area (Å²) in [6.07, 6.45) is -15.5. The lowest BCUT2D eigenvalue weighted by Crippen LogP contribution is -2.44. The first-order chi connectivity index (χ1) is 6.23. The number of ether oxygens (including phenoxy) is 2. The lowest BCUT2D eigenvalue weighted by molar-refractivity contribution is -0.336. The van der Waals surface area contributed by atoms with E-state index in [1.165, 1.54) is 0 Å². The van der Waals surface area contributed by atoms with Crippen LogP contribution in [0.5, 0.6) is 0 Å². The molecule has 0 N–H and O–H groups in total. The van der Waals surface area contributed by atoms with Gasteiger partial charge in [-0.05, 0) is 0 Å². The van der Waals surface area contributed by atoms with E-state index in [-0.39, 0.29) is 6.61 Å². The van der Waals surface area contributed by atoms with Crippen molar-refractivity contribution >= 4 is 0 Å². The summed E-state index contributed by atoms with van der Waals surface area (Å²) in [7, 11) is 0. The summed E-state index contributed by atoms with van der Waals surface area (Å²) < 4.78 is 79.2. The smallest absolute Gasteiger partial charge is 0.371 e. The monoisotopic (exact) mass is 224 g/mol. The zero-order chi connectivity index (χ0) is 11.0. The molecule has 8 heteroatoms. The van der Waals surface area contributed by atoms with Crippen molar-refractivity contribution in [2.75, 3.05) is 13.2 Å². The predicted octanol–water partition coefficient (Wildman–Crippen LogP) is 1.89. The fourth-order valence-electron chi connectivity index (χ4n) is 0.632. The van der Waals surface area contributed by atoms with Gasteiger partial charge < -0.3 is 9.47 Å². The van der Waals surface area contributed by atoms with E-state index < -0.39 is 31.2 Å². The Morgan fingerprint density at radius 3 is 2.14 bits per heavy atom. The minimum absolute atomic E-state index is 0.138. The highest BCUT2D eigenvalue weighted by molar-refractivity contribution is 4.77. The fraction of sp³-hybridized carbons (Fsp3) is 1.00. The Kier molecular flexibility index (Phi) is 2.96. The Balaban J connectivity index is 2.44. The first kappa shape index (κ1) is 11.6. The van der Waals surface area contributed by atoms with Gasteiger partial charge in [0, 0.05) is 0 Å². The first-order valence-electron chi connectivity index (χ1n) is 3.57. The highest BCUT2D eigenvalue weighted by Crippen LogP contribution is 2.36. The Bertz CT molecular complexity index is 199. The summed E-state index contributed by atoms with van der Waals surface area (Å²) in [4.78, 5) is 0. The number of halogens is 6. The fourth-order valence-corrected chi connectivity index (χ4v) is 0.632. The van der Waals surface area contributed by atoms with Crippen molar-refractivity contribution in [2.45, 2.75) is 24.6 Å². The molecule has 0 saturated carbocycles. The first-order valence-corrected chi connectivity index (χ1v) is 3.57. The van der Waals surface area contributed by atoms with E-state index in [0.29, 0.717) is 0 Å². The highest BCUT2D eigenvalue weighted by Gasteiger charge is 2.58. The van der Waals surface area contributed by atoms with Crippen LogP contribution in [0.1, 0.15) is 0 Å². The largest absolute Gasteiger partial charge is 0.428 e. The van der Waals surface area contributed by atoms with Gasteiger partial charge in [-0.1, -0.05) is 0 Å². The number of rotatable bonds is 4. The second-order valence-electron chi connectivity index (χ2n) is 2.73. The quantitative estimate of drug-likeness (QED) is 0.537. The maximum absolute atomic E-state index is 12.3. The maximum Gasteiger partial charge on any atom is 0.428 e. The molecule has 0 aromatic rings. The molecule has 14 heavy (non-hydrogen) atoms. The molecule has 1 rings (SSSR count). The van der Waals surface area contributed by atoms with Gasteiger partial charge in [0.15, 0.2) is 0 Å². The Hall–Kier alpha value is -0.500. The van der Waals surface area contributed by atoms with E-state index >= 15 is 0 Å². The molecule has 0 spiro atoms. The standard InChI is InChI=1S/C6H6F6O2/c7-4(5(8,9)10)6(11,12)14-2-3-1-13-3/h3-4H,1-2H2. The van der Waals surface area contributed by atoms with Crippen molar-refractivity contribution in [3.05, 3.63) is 0 Å². The lowest BCUT2D eigenvalue weighted by atomic mass is 10.3. The molecule has 0 aromatic heterocycles. The van der Waals surface area contributed by atoms with Crippen LogP contribution in [-0.4, -0.2) is 37.8 Å². The molecule has 0 amide bonds. The van der Waals surface area contributed by atoms with E-state index in [2.05, 4.69) is 9.47 Å². The van der Waals surface area contributed by atoms with Gasteiger partial charge in [0.25, 0.3) is 6.17 Å². The van der Waals surface area contributed by atoms with Crippen LogP contribution in [0.3, 0.4) is 0 Å². The average molecular weight is 224 g/mol. The van der Waals surface area contributed by atoms with Crippen LogP contribution in [0.2, 0.25) is 0 Å². The van der Waals surface area contributed by atoms with Crippen molar-refractivity contribution in [3.63, 3.8) is 0 Å². The van der Waals surface area contributed by atoms with Gasteiger partial charge >= 0.3 is 12.3 Å². The molecule has 2 nitrogen and oxygen atoms in total. The molecule has 0 radical (unpaired) electrons. The van der Waals surface area contributed by atoms with E-state index in [1.54, 1.807) is 0 Å². The zero-order valence-electron chi connectivity index (χ0n) is 6.65.